The number of unbranched alkanes of at least 4 members (excludes halogenated alkanes) is 1. The predicted octanol–water partition coefficient (Wildman–Crippen LogP) is 4.63. The molecule has 9 heteroatoms. The van der Waals surface area contributed by atoms with Crippen LogP contribution in [-0.2, 0) is 14.3 Å². The SMILES string of the molecule is CCCC[C@H](c1ccc(C(=O)NCCC(=O)O)cc1)N1C(=O)C(N2CCOCC2)=NC12CCC(C(C)(C)C)CC2. The van der Waals surface area contributed by atoms with E-state index in [1.54, 1.807) is 12.1 Å². The number of rotatable bonds is 9. The monoisotopic (exact) mass is 554 g/mol. The van der Waals surface area contributed by atoms with Crippen molar-refractivity contribution in [1.82, 2.24) is 15.1 Å². The Hall–Kier alpha value is -2.94. The Morgan fingerprint density at radius 1 is 1.15 bits per heavy atom. The summed E-state index contributed by atoms with van der Waals surface area (Å²) < 4.78 is 5.56. The molecule has 2 N–H and O–H groups in total. The molecule has 0 unspecified atom stereocenters. The molecule has 220 valence electrons. The second-order valence-electron chi connectivity index (χ2n) is 12.5. The lowest BCUT2D eigenvalue weighted by Gasteiger charge is -2.47. The number of hydrogen-bond donors (Lipinski definition) is 2. The minimum absolute atomic E-state index is 0.00713. The van der Waals surface area contributed by atoms with Crippen molar-refractivity contribution in [3.8, 4) is 0 Å². The van der Waals surface area contributed by atoms with E-state index in [-0.39, 0.29) is 36.2 Å². The number of amidine groups is 1. The Kier molecular flexibility index (Phi) is 9.54. The number of carbonyl (C=O) groups excluding carboxylic acids is 2. The molecule has 1 saturated carbocycles. The van der Waals surface area contributed by atoms with Gasteiger partial charge in [0.2, 0.25) is 0 Å². The quantitative estimate of drug-likeness (QED) is 0.461. The standard InChI is InChI=1S/C31H46N4O5/c1-5-6-7-25(22-8-10-23(11-9-22)28(38)32-17-14-26(36)37)35-29(39)27(34-18-20-40-21-19-34)33-31(35)15-12-24(13-16-31)30(2,3)4/h8-11,24-25H,5-7,12-21H2,1-4H3,(H,32,38)(H,36,37)/t24?,25-,31?/m1/s1. The third kappa shape index (κ3) is 6.67. The number of aliphatic carboxylic acids is 1. The molecule has 2 fully saturated rings. The van der Waals surface area contributed by atoms with Gasteiger partial charge < -0.3 is 25.0 Å². The Balaban J connectivity index is 1.63. The number of nitrogens with one attached hydrogen (secondary N) is 1. The third-order valence-electron chi connectivity index (χ3n) is 8.82. The van der Waals surface area contributed by atoms with Crippen molar-refractivity contribution in [3.05, 3.63) is 35.4 Å². The number of carboxylic acid groups (broad SMARTS) is 1. The van der Waals surface area contributed by atoms with Gasteiger partial charge in [0.25, 0.3) is 11.8 Å². The first-order chi connectivity index (χ1) is 19.1. The first kappa shape index (κ1) is 30.0. The lowest BCUT2D eigenvalue weighted by molar-refractivity contribution is -0.137. The number of morpholine rings is 1. The van der Waals surface area contributed by atoms with E-state index in [9.17, 15) is 14.4 Å². The van der Waals surface area contributed by atoms with Crippen LogP contribution in [0.15, 0.2) is 29.3 Å². The smallest absolute Gasteiger partial charge is 0.305 e. The van der Waals surface area contributed by atoms with Gasteiger partial charge in [-0.05, 0) is 61.1 Å². The lowest BCUT2D eigenvalue weighted by atomic mass is 9.69. The number of carbonyl (C=O) groups is 3. The van der Waals surface area contributed by atoms with Gasteiger partial charge in [-0.2, -0.15) is 0 Å². The number of benzene rings is 1. The molecule has 1 aromatic carbocycles. The van der Waals surface area contributed by atoms with E-state index in [1.807, 2.05) is 12.1 Å². The van der Waals surface area contributed by atoms with Crippen molar-refractivity contribution in [2.45, 2.75) is 90.8 Å². The van der Waals surface area contributed by atoms with Gasteiger partial charge in [0.05, 0.1) is 25.7 Å². The molecule has 2 aliphatic heterocycles. The summed E-state index contributed by atoms with van der Waals surface area (Å²) in [5, 5.41) is 11.5. The minimum Gasteiger partial charge on any atom is -0.481 e. The van der Waals surface area contributed by atoms with Crippen LogP contribution in [0.5, 0.6) is 0 Å². The van der Waals surface area contributed by atoms with E-state index in [0.29, 0.717) is 43.6 Å². The lowest BCUT2D eigenvalue weighted by Crippen LogP contribution is -2.52. The van der Waals surface area contributed by atoms with Crippen LogP contribution in [-0.4, -0.2) is 77.0 Å². The van der Waals surface area contributed by atoms with Gasteiger partial charge in [-0.25, -0.2) is 4.99 Å². The van der Waals surface area contributed by atoms with Gasteiger partial charge in [0, 0.05) is 25.2 Å². The highest BCUT2D eigenvalue weighted by Crippen LogP contribution is 2.49. The number of hydrogen-bond acceptors (Lipinski definition) is 6. The molecule has 1 saturated heterocycles. The van der Waals surface area contributed by atoms with E-state index in [1.165, 1.54) is 0 Å². The summed E-state index contributed by atoms with van der Waals surface area (Å²) in [6, 6.07) is 7.29. The second kappa shape index (κ2) is 12.7. The molecular formula is C31H46N4O5. The molecule has 9 nitrogen and oxygen atoms in total. The maximum atomic E-state index is 14.3. The Labute approximate surface area is 238 Å². The zero-order valence-electron chi connectivity index (χ0n) is 24.6. The second-order valence-corrected chi connectivity index (χ2v) is 12.5. The van der Waals surface area contributed by atoms with Crippen molar-refractivity contribution in [2.75, 3.05) is 32.8 Å². The molecule has 1 spiro atoms. The van der Waals surface area contributed by atoms with Gasteiger partial charge in [-0.1, -0.05) is 52.7 Å². The highest BCUT2D eigenvalue weighted by atomic mass is 16.5. The van der Waals surface area contributed by atoms with Crippen LogP contribution in [0.2, 0.25) is 0 Å². The van der Waals surface area contributed by atoms with Crippen LogP contribution in [0, 0.1) is 11.3 Å². The molecule has 4 rings (SSSR count). The van der Waals surface area contributed by atoms with Crippen molar-refractivity contribution in [2.24, 2.45) is 16.3 Å². The van der Waals surface area contributed by atoms with E-state index >= 15 is 0 Å². The highest BCUT2D eigenvalue weighted by Gasteiger charge is 2.53. The van der Waals surface area contributed by atoms with Crippen LogP contribution >= 0.6 is 0 Å². The van der Waals surface area contributed by atoms with Crippen molar-refractivity contribution in [3.63, 3.8) is 0 Å². The fraction of sp³-hybridized carbons (Fsp3) is 0.677. The maximum Gasteiger partial charge on any atom is 0.305 e. The Morgan fingerprint density at radius 3 is 2.38 bits per heavy atom. The van der Waals surface area contributed by atoms with E-state index in [0.717, 1.165) is 50.5 Å². The van der Waals surface area contributed by atoms with Gasteiger partial charge >= 0.3 is 5.97 Å². The van der Waals surface area contributed by atoms with Crippen LogP contribution in [0.25, 0.3) is 0 Å². The van der Waals surface area contributed by atoms with E-state index in [4.69, 9.17) is 14.8 Å². The number of carboxylic acids is 1. The first-order valence-electron chi connectivity index (χ1n) is 14.9. The average molecular weight is 555 g/mol. The van der Waals surface area contributed by atoms with Crippen molar-refractivity contribution >= 4 is 23.6 Å². The molecule has 1 aliphatic carbocycles. The number of nitrogens with zero attached hydrogens (tertiary/aromatic N) is 3. The van der Waals surface area contributed by atoms with Crippen molar-refractivity contribution in [1.29, 1.82) is 0 Å². The largest absolute Gasteiger partial charge is 0.481 e. The summed E-state index contributed by atoms with van der Waals surface area (Å²) in [6.07, 6.45) is 6.44. The third-order valence-corrected chi connectivity index (χ3v) is 8.82. The highest BCUT2D eigenvalue weighted by molar-refractivity contribution is 6.39. The molecule has 1 aromatic rings. The molecule has 1 atom stereocenters. The maximum absolute atomic E-state index is 14.3. The Morgan fingerprint density at radius 2 is 1.80 bits per heavy atom. The summed E-state index contributed by atoms with van der Waals surface area (Å²) in [5.74, 6) is -0.0780. The van der Waals surface area contributed by atoms with Gasteiger partial charge in [0.15, 0.2) is 5.84 Å². The van der Waals surface area contributed by atoms with E-state index in [2.05, 4.69) is 42.8 Å². The van der Waals surface area contributed by atoms with Gasteiger partial charge in [0.1, 0.15) is 5.66 Å². The topological polar surface area (TPSA) is 112 Å². The summed E-state index contributed by atoms with van der Waals surface area (Å²) in [5.41, 5.74) is 1.13. The molecule has 3 aliphatic rings. The summed E-state index contributed by atoms with van der Waals surface area (Å²) in [4.78, 5) is 47.1. The summed E-state index contributed by atoms with van der Waals surface area (Å²) in [7, 11) is 0. The molecule has 40 heavy (non-hydrogen) atoms. The molecular weight excluding hydrogens is 508 g/mol. The number of ether oxygens (including phenoxy) is 1. The normalized spacial score (nSPS) is 24.2. The van der Waals surface area contributed by atoms with Gasteiger partial charge in [-0.15, -0.1) is 0 Å². The molecule has 0 radical (unpaired) electrons. The fourth-order valence-corrected chi connectivity index (χ4v) is 6.39. The van der Waals surface area contributed by atoms with Crippen LogP contribution in [0.4, 0.5) is 0 Å². The van der Waals surface area contributed by atoms with Crippen LogP contribution in [0.3, 0.4) is 0 Å². The molecule has 0 bridgehead atoms. The first-order valence-corrected chi connectivity index (χ1v) is 14.9. The fourth-order valence-electron chi connectivity index (χ4n) is 6.39. The molecule has 2 heterocycles. The van der Waals surface area contributed by atoms with Crippen LogP contribution < -0.4 is 5.32 Å². The average Bonchev–Trinajstić information content (AvgIpc) is 3.20. The zero-order valence-corrected chi connectivity index (χ0v) is 24.6. The number of amides is 2. The predicted molar refractivity (Wildman–Crippen MR) is 154 cm³/mol. The summed E-state index contributed by atoms with van der Waals surface area (Å²) >= 11 is 0. The molecule has 0 aromatic heterocycles. The van der Waals surface area contributed by atoms with E-state index < -0.39 is 11.6 Å². The zero-order chi connectivity index (χ0) is 28.9. The summed E-state index contributed by atoms with van der Waals surface area (Å²) in [6.45, 7) is 11.7. The Bertz CT molecular complexity index is 1080. The molecule has 2 amide bonds. The van der Waals surface area contributed by atoms with Gasteiger partial charge in [-0.3, -0.25) is 14.4 Å². The van der Waals surface area contributed by atoms with Crippen LogP contribution in [0.1, 0.15) is 101 Å². The minimum atomic E-state index is -0.950. The van der Waals surface area contributed by atoms with Crippen molar-refractivity contribution < 1.29 is 24.2 Å². The number of aliphatic imine (C=N–C) groups is 1.